The zero-order chi connectivity index (χ0) is 14.4. The van der Waals surface area contributed by atoms with E-state index in [1.165, 1.54) is 18.4 Å². The first-order valence-electron chi connectivity index (χ1n) is 7.27. The van der Waals surface area contributed by atoms with Crippen LogP contribution in [0.5, 0.6) is 0 Å². The van der Waals surface area contributed by atoms with Crippen LogP contribution in [0.15, 0.2) is 30.3 Å². The van der Waals surface area contributed by atoms with Crippen molar-refractivity contribution >= 4 is 17.7 Å². The van der Waals surface area contributed by atoms with Crippen LogP contribution in [0.25, 0.3) is 0 Å². The average molecular weight is 293 g/mol. The van der Waals surface area contributed by atoms with E-state index in [0.29, 0.717) is 12.3 Å². The Morgan fingerprint density at radius 1 is 1.40 bits per heavy atom. The van der Waals surface area contributed by atoms with Crippen molar-refractivity contribution in [1.82, 2.24) is 5.32 Å². The smallest absolute Gasteiger partial charge is 0.233 e. The lowest BCUT2D eigenvalue weighted by Gasteiger charge is -2.20. The standard InChI is InChI=1S/C16H23NO2S/c1-12(20-11-13-5-3-2-4-6-13)16(19)17-15(9-10-18)14-7-8-14/h2-6,12,14-15,18H,7-11H2,1H3,(H,17,19). The summed E-state index contributed by atoms with van der Waals surface area (Å²) in [4.78, 5) is 12.2. The number of carbonyl (C=O) groups is 1. The minimum absolute atomic E-state index is 0.0600. The van der Waals surface area contributed by atoms with Crippen LogP contribution in [0, 0.1) is 5.92 Å². The largest absolute Gasteiger partial charge is 0.396 e. The number of amides is 1. The Bertz CT molecular complexity index is 420. The van der Waals surface area contributed by atoms with Crippen LogP contribution in [0.4, 0.5) is 0 Å². The van der Waals surface area contributed by atoms with Gasteiger partial charge < -0.3 is 10.4 Å². The van der Waals surface area contributed by atoms with E-state index in [1.807, 2.05) is 25.1 Å². The SMILES string of the molecule is CC(SCc1ccccc1)C(=O)NC(CCO)C1CC1. The fourth-order valence-electron chi connectivity index (χ4n) is 2.23. The Morgan fingerprint density at radius 2 is 2.10 bits per heavy atom. The fourth-order valence-corrected chi connectivity index (χ4v) is 3.09. The summed E-state index contributed by atoms with van der Waals surface area (Å²) in [5, 5.41) is 12.1. The van der Waals surface area contributed by atoms with E-state index < -0.39 is 0 Å². The van der Waals surface area contributed by atoms with E-state index in [2.05, 4.69) is 17.4 Å². The van der Waals surface area contributed by atoms with Crippen molar-refractivity contribution in [2.24, 2.45) is 5.92 Å². The van der Waals surface area contributed by atoms with Crippen molar-refractivity contribution in [2.45, 2.75) is 43.2 Å². The fraction of sp³-hybridized carbons (Fsp3) is 0.562. The molecule has 0 aliphatic heterocycles. The molecule has 1 aliphatic carbocycles. The van der Waals surface area contributed by atoms with E-state index in [-0.39, 0.29) is 23.8 Å². The first kappa shape index (κ1) is 15.4. The first-order valence-corrected chi connectivity index (χ1v) is 8.32. The van der Waals surface area contributed by atoms with E-state index >= 15 is 0 Å². The molecule has 2 N–H and O–H groups in total. The number of nitrogens with one attached hydrogen (secondary N) is 1. The molecule has 2 rings (SSSR count). The molecule has 0 radical (unpaired) electrons. The van der Waals surface area contributed by atoms with E-state index in [9.17, 15) is 4.79 Å². The number of aliphatic hydroxyl groups excluding tert-OH is 1. The summed E-state index contributed by atoms with van der Waals surface area (Å²) in [6.07, 6.45) is 3.03. The molecule has 2 atom stereocenters. The highest BCUT2D eigenvalue weighted by molar-refractivity contribution is 7.99. The highest BCUT2D eigenvalue weighted by Crippen LogP contribution is 2.34. The number of rotatable bonds is 8. The molecule has 110 valence electrons. The highest BCUT2D eigenvalue weighted by atomic mass is 32.2. The van der Waals surface area contributed by atoms with Gasteiger partial charge in [-0.3, -0.25) is 4.79 Å². The van der Waals surface area contributed by atoms with Crippen LogP contribution in [0.3, 0.4) is 0 Å². The second kappa shape index (κ2) is 7.70. The molecule has 1 fully saturated rings. The van der Waals surface area contributed by atoms with Crippen LogP contribution in [-0.2, 0) is 10.5 Å². The number of hydrogen-bond donors (Lipinski definition) is 2. The van der Waals surface area contributed by atoms with E-state index in [4.69, 9.17) is 5.11 Å². The number of aliphatic hydroxyl groups is 1. The number of thioether (sulfide) groups is 1. The minimum atomic E-state index is -0.0600. The number of hydrogen-bond acceptors (Lipinski definition) is 3. The quantitative estimate of drug-likeness (QED) is 0.774. The molecule has 20 heavy (non-hydrogen) atoms. The van der Waals surface area contributed by atoms with Crippen LogP contribution < -0.4 is 5.32 Å². The molecule has 1 saturated carbocycles. The Balaban J connectivity index is 1.76. The van der Waals surface area contributed by atoms with Gasteiger partial charge in [0.1, 0.15) is 0 Å². The molecule has 0 saturated heterocycles. The summed E-state index contributed by atoms with van der Waals surface area (Å²) in [5.74, 6) is 1.53. The van der Waals surface area contributed by atoms with Gasteiger partial charge in [-0.1, -0.05) is 30.3 Å². The monoisotopic (exact) mass is 293 g/mol. The summed E-state index contributed by atoms with van der Waals surface area (Å²) in [7, 11) is 0. The van der Waals surface area contributed by atoms with Gasteiger partial charge in [0.05, 0.1) is 5.25 Å². The van der Waals surface area contributed by atoms with Crippen LogP contribution >= 0.6 is 11.8 Å². The zero-order valence-corrected chi connectivity index (χ0v) is 12.7. The maximum absolute atomic E-state index is 12.2. The molecule has 1 aliphatic rings. The topological polar surface area (TPSA) is 49.3 Å². The maximum atomic E-state index is 12.2. The van der Waals surface area contributed by atoms with Gasteiger partial charge in [0.15, 0.2) is 0 Å². The third-order valence-corrected chi connectivity index (χ3v) is 4.88. The van der Waals surface area contributed by atoms with Crippen LogP contribution in [0.1, 0.15) is 31.7 Å². The maximum Gasteiger partial charge on any atom is 0.233 e. The summed E-state index contributed by atoms with van der Waals surface area (Å²) >= 11 is 1.66. The zero-order valence-electron chi connectivity index (χ0n) is 11.9. The van der Waals surface area contributed by atoms with Gasteiger partial charge in [-0.25, -0.2) is 0 Å². The van der Waals surface area contributed by atoms with Gasteiger partial charge in [0, 0.05) is 18.4 Å². The molecular weight excluding hydrogens is 270 g/mol. The summed E-state index contributed by atoms with van der Waals surface area (Å²) < 4.78 is 0. The molecule has 1 amide bonds. The van der Waals surface area contributed by atoms with Crippen molar-refractivity contribution in [3.05, 3.63) is 35.9 Å². The van der Waals surface area contributed by atoms with Crippen LogP contribution in [-0.4, -0.2) is 28.9 Å². The van der Waals surface area contributed by atoms with Gasteiger partial charge in [-0.2, -0.15) is 0 Å². The average Bonchev–Trinajstić information content (AvgIpc) is 3.30. The lowest BCUT2D eigenvalue weighted by molar-refractivity contribution is -0.121. The molecule has 4 heteroatoms. The molecule has 2 unspecified atom stereocenters. The molecule has 0 heterocycles. The summed E-state index contributed by atoms with van der Waals surface area (Å²) in [5.41, 5.74) is 1.24. The molecular formula is C16H23NO2S. The predicted molar refractivity (Wildman–Crippen MR) is 83.6 cm³/mol. The lowest BCUT2D eigenvalue weighted by Crippen LogP contribution is -2.41. The molecule has 0 bridgehead atoms. The summed E-state index contributed by atoms with van der Waals surface area (Å²) in [6, 6.07) is 10.4. The molecule has 0 spiro atoms. The third-order valence-electron chi connectivity index (χ3n) is 3.67. The van der Waals surface area contributed by atoms with Gasteiger partial charge in [-0.05, 0) is 37.7 Å². The first-order chi connectivity index (χ1) is 9.70. The molecule has 1 aromatic rings. The highest BCUT2D eigenvalue weighted by Gasteiger charge is 2.32. The molecule has 3 nitrogen and oxygen atoms in total. The Hall–Kier alpha value is -1.00. The van der Waals surface area contributed by atoms with Gasteiger partial charge in [-0.15, -0.1) is 11.8 Å². The normalized spacial score (nSPS) is 17.5. The molecule has 0 aromatic heterocycles. The van der Waals surface area contributed by atoms with Crippen molar-refractivity contribution in [3.8, 4) is 0 Å². The Kier molecular flexibility index (Phi) is 5.92. The van der Waals surface area contributed by atoms with Crippen molar-refractivity contribution in [2.75, 3.05) is 6.61 Å². The van der Waals surface area contributed by atoms with Crippen molar-refractivity contribution in [1.29, 1.82) is 0 Å². The van der Waals surface area contributed by atoms with E-state index in [1.54, 1.807) is 11.8 Å². The van der Waals surface area contributed by atoms with Crippen molar-refractivity contribution < 1.29 is 9.90 Å². The summed E-state index contributed by atoms with van der Waals surface area (Å²) in [6.45, 7) is 2.10. The van der Waals surface area contributed by atoms with Crippen molar-refractivity contribution in [3.63, 3.8) is 0 Å². The number of carbonyl (C=O) groups excluding carboxylic acids is 1. The second-order valence-electron chi connectivity index (χ2n) is 5.40. The number of benzene rings is 1. The van der Waals surface area contributed by atoms with Gasteiger partial charge in [0.25, 0.3) is 0 Å². The van der Waals surface area contributed by atoms with Gasteiger partial charge >= 0.3 is 0 Å². The predicted octanol–water partition coefficient (Wildman–Crippen LogP) is 2.59. The lowest BCUT2D eigenvalue weighted by atomic mass is 10.1. The van der Waals surface area contributed by atoms with E-state index in [0.717, 1.165) is 5.75 Å². The Labute approximate surface area is 125 Å². The third kappa shape index (κ3) is 4.84. The minimum Gasteiger partial charge on any atom is -0.396 e. The molecule has 1 aromatic carbocycles. The van der Waals surface area contributed by atoms with Crippen LogP contribution in [0.2, 0.25) is 0 Å². The Morgan fingerprint density at radius 3 is 2.70 bits per heavy atom. The van der Waals surface area contributed by atoms with Gasteiger partial charge in [0.2, 0.25) is 5.91 Å². The second-order valence-corrected chi connectivity index (χ2v) is 6.73.